The summed E-state index contributed by atoms with van der Waals surface area (Å²) < 4.78 is 5.87. The Kier molecular flexibility index (Phi) is 3.57. The summed E-state index contributed by atoms with van der Waals surface area (Å²) in [4.78, 5) is 2.64. The lowest BCUT2D eigenvalue weighted by Gasteiger charge is -2.50. The van der Waals surface area contributed by atoms with E-state index in [-0.39, 0.29) is 5.54 Å². The van der Waals surface area contributed by atoms with E-state index in [4.69, 9.17) is 10.5 Å². The molecule has 1 saturated heterocycles. The molecule has 0 bridgehead atoms. The predicted molar refractivity (Wildman–Crippen MR) is 66.4 cm³/mol. The molecule has 94 valence electrons. The molecule has 0 aromatic heterocycles. The largest absolute Gasteiger partial charge is 0.375 e. The average molecular weight is 226 g/mol. The first-order valence-electron chi connectivity index (χ1n) is 6.68. The Hall–Kier alpha value is -0.120. The monoisotopic (exact) mass is 226 g/mol. The standard InChI is InChI=1S/C13H26N2O/c1-10(2)13(3,9-14)15-7-8-16-12-6-4-5-11(12)15/h10-12H,4-9,14H2,1-3H3. The van der Waals surface area contributed by atoms with Gasteiger partial charge >= 0.3 is 0 Å². The van der Waals surface area contributed by atoms with Gasteiger partial charge < -0.3 is 10.5 Å². The molecule has 0 radical (unpaired) electrons. The van der Waals surface area contributed by atoms with E-state index in [9.17, 15) is 0 Å². The molecular weight excluding hydrogens is 200 g/mol. The summed E-state index contributed by atoms with van der Waals surface area (Å²) in [5, 5.41) is 0. The lowest BCUT2D eigenvalue weighted by Crippen LogP contribution is -2.63. The van der Waals surface area contributed by atoms with Crippen LogP contribution in [0.25, 0.3) is 0 Å². The summed E-state index contributed by atoms with van der Waals surface area (Å²) in [5.74, 6) is 0.594. The molecule has 3 atom stereocenters. The van der Waals surface area contributed by atoms with E-state index in [1.165, 1.54) is 19.3 Å². The molecule has 1 saturated carbocycles. The topological polar surface area (TPSA) is 38.5 Å². The predicted octanol–water partition coefficient (Wildman–Crippen LogP) is 1.61. The van der Waals surface area contributed by atoms with Gasteiger partial charge in [-0.25, -0.2) is 0 Å². The summed E-state index contributed by atoms with van der Waals surface area (Å²) in [6.07, 6.45) is 4.30. The van der Waals surface area contributed by atoms with E-state index in [1.807, 2.05) is 0 Å². The van der Waals surface area contributed by atoms with Gasteiger partial charge in [-0.2, -0.15) is 0 Å². The Morgan fingerprint density at radius 1 is 1.44 bits per heavy atom. The van der Waals surface area contributed by atoms with Gasteiger partial charge in [0.2, 0.25) is 0 Å². The number of rotatable bonds is 3. The van der Waals surface area contributed by atoms with Crippen LogP contribution in [0.15, 0.2) is 0 Å². The molecule has 3 heteroatoms. The van der Waals surface area contributed by atoms with Crippen molar-refractivity contribution in [2.75, 3.05) is 19.7 Å². The fourth-order valence-electron chi connectivity index (χ4n) is 3.24. The first kappa shape index (κ1) is 12.3. The molecule has 0 spiro atoms. The van der Waals surface area contributed by atoms with Gasteiger partial charge in [0, 0.05) is 24.7 Å². The minimum Gasteiger partial charge on any atom is -0.375 e. The van der Waals surface area contributed by atoms with Crippen LogP contribution in [-0.4, -0.2) is 42.3 Å². The van der Waals surface area contributed by atoms with Crippen molar-refractivity contribution in [2.45, 2.75) is 57.7 Å². The number of hydrogen-bond acceptors (Lipinski definition) is 3. The van der Waals surface area contributed by atoms with E-state index in [0.717, 1.165) is 19.7 Å². The van der Waals surface area contributed by atoms with Gasteiger partial charge in [-0.05, 0) is 32.1 Å². The van der Waals surface area contributed by atoms with Crippen LogP contribution in [0.4, 0.5) is 0 Å². The van der Waals surface area contributed by atoms with Gasteiger partial charge in [0.15, 0.2) is 0 Å². The van der Waals surface area contributed by atoms with Crippen molar-refractivity contribution in [3.05, 3.63) is 0 Å². The van der Waals surface area contributed by atoms with Crippen molar-refractivity contribution < 1.29 is 4.74 Å². The van der Waals surface area contributed by atoms with Crippen LogP contribution in [0.2, 0.25) is 0 Å². The molecule has 1 aliphatic carbocycles. The van der Waals surface area contributed by atoms with Crippen molar-refractivity contribution in [2.24, 2.45) is 11.7 Å². The lowest BCUT2D eigenvalue weighted by molar-refractivity contribution is -0.104. The van der Waals surface area contributed by atoms with Gasteiger partial charge in [-0.3, -0.25) is 4.90 Å². The maximum atomic E-state index is 6.04. The molecule has 1 aliphatic heterocycles. The third-order valence-electron chi connectivity index (χ3n) is 4.80. The van der Waals surface area contributed by atoms with E-state index >= 15 is 0 Å². The van der Waals surface area contributed by atoms with Crippen molar-refractivity contribution in [1.29, 1.82) is 0 Å². The molecule has 0 aromatic rings. The molecule has 3 nitrogen and oxygen atoms in total. The fourth-order valence-corrected chi connectivity index (χ4v) is 3.24. The molecule has 2 fully saturated rings. The maximum Gasteiger partial charge on any atom is 0.0731 e. The van der Waals surface area contributed by atoms with Gasteiger partial charge in [0.25, 0.3) is 0 Å². The second-order valence-electron chi connectivity index (χ2n) is 5.82. The number of fused-ring (bicyclic) bond motifs is 1. The normalized spacial score (nSPS) is 35.1. The third kappa shape index (κ3) is 1.89. The van der Waals surface area contributed by atoms with Gasteiger partial charge in [-0.1, -0.05) is 13.8 Å². The fraction of sp³-hybridized carbons (Fsp3) is 1.00. The second kappa shape index (κ2) is 4.63. The Bertz CT molecular complexity index is 244. The highest BCUT2D eigenvalue weighted by molar-refractivity contribution is 4.99. The third-order valence-corrected chi connectivity index (χ3v) is 4.80. The highest BCUT2D eigenvalue weighted by atomic mass is 16.5. The molecule has 2 N–H and O–H groups in total. The van der Waals surface area contributed by atoms with Crippen LogP contribution < -0.4 is 5.73 Å². The zero-order valence-corrected chi connectivity index (χ0v) is 10.9. The highest BCUT2D eigenvalue weighted by Gasteiger charge is 2.44. The Morgan fingerprint density at radius 2 is 2.19 bits per heavy atom. The summed E-state index contributed by atoms with van der Waals surface area (Å²) in [7, 11) is 0. The summed E-state index contributed by atoms with van der Waals surface area (Å²) in [5.41, 5.74) is 6.18. The molecule has 1 heterocycles. The van der Waals surface area contributed by atoms with Crippen LogP contribution in [0.3, 0.4) is 0 Å². The first-order chi connectivity index (χ1) is 7.59. The molecule has 0 amide bonds. The number of nitrogens with zero attached hydrogens (tertiary/aromatic N) is 1. The zero-order valence-electron chi connectivity index (χ0n) is 10.9. The van der Waals surface area contributed by atoms with Crippen molar-refractivity contribution in [3.8, 4) is 0 Å². The van der Waals surface area contributed by atoms with Gasteiger partial charge in [0.1, 0.15) is 0 Å². The highest BCUT2D eigenvalue weighted by Crippen LogP contribution is 2.36. The van der Waals surface area contributed by atoms with Crippen LogP contribution in [0.1, 0.15) is 40.0 Å². The van der Waals surface area contributed by atoms with Crippen molar-refractivity contribution in [1.82, 2.24) is 4.90 Å². The first-order valence-corrected chi connectivity index (χ1v) is 6.68. The minimum atomic E-state index is 0.136. The Labute approximate surface area is 99.3 Å². The summed E-state index contributed by atoms with van der Waals surface area (Å²) in [6, 6.07) is 0.615. The molecular formula is C13H26N2O. The quantitative estimate of drug-likeness (QED) is 0.794. The van der Waals surface area contributed by atoms with E-state index in [1.54, 1.807) is 0 Å². The molecule has 3 unspecified atom stereocenters. The Morgan fingerprint density at radius 3 is 2.81 bits per heavy atom. The van der Waals surface area contributed by atoms with E-state index < -0.39 is 0 Å². The van der Waals surface area contributed by atoms with E-state index in [0.29, 0.717) is 18.1 Å². The number of hydrogen-bond donors (Lipinski definition) is 1. The lowest BCUT2D eigenvalue weighted by atomic mass is 9.84. The molecule has 2 rings (SSSR count). The smallest absolute Gasteiger partial charge is 0.0731 e. The Balaban J connectivity index is 2.17. The van der Waals surface area contributed by atoms with Crippen molar-refractivity contribution in [3.63, 3.8) is 0 Å². The van der Waals surface area contributed by atoms with Gasteiger partial charge in [-0.15, -0.1) is 0 Å². The average Bonchev–Trinajstić information content (AvgIpc) is 2.75. The molecule has 2 aliphatic rings. The van der Waals surface area contributed by atoms with Crippen LogP contribution >= 0.6 is 0 Å². The summed E-state index contributed by atoms with van der Waals surface area (Å²) >= 11 is 0. The van der Waals surface area contributed by atoms with Gasteiger partial charge in [0.05, 0.1) is 12.7 Å². The maximum absolute atomic E-state index is 6.04. The number of nitrogens with two attached hydrogens (primary N) is 1. The summed E-state index contributed by atoms with van der Waals surface area (Å²) in [6.45, 7) is 9.56. The van der Waals surface area contributed by atoms with Crippen LogP contribution in [0, 0.1) is 5.92 Å². The van der Waals surface area contributed by atoms with Crippen molar-refractivity contribution >= 4 is 0 Å². The zero-order chi connectivity index (χ0) is 11.8. The molecule has 16 heavy (non-hydrogen) atoms. The van der Waals surface area contributed by atoms with E-state index in [2.05, 4.69) is 25.7 Å². The molecule has 0 aromatic carbocycles. The van der Waals surface area contributed by atoms with Crippen LogP contribution in [-0.2, 0) is 4.74 Å². The van der Waals surface area contributed by atoms with Crippen LogP contribution in [0.5, 0.6) is 0 Å². The number of morpholine rings is 1. The SMILES string of the molecule is CC(C)C(C)(CN)N1CCOC2CCCC21. The number of ether oxygens (including phenoxy) is 1. The minimum absolute atomic E-state index is 0.136. The second-order valence-corrected chi connectivity index (χ2v) is 5.82.